The normalized spacial score (nSPS) is 21.7. The zero-order valence-corrected chi connectivity index (χ0v) is 21.6. The van der Waals surface area contributed by atoms with E-state index in [0.717, 1.165) is 22.2 Å². The number of hydrogen-bond acceptors (Lipinski definition) is 4. The van der Waals surface area contributed by atoms with Crippen LogP contribution in [0.4, 0.5) is 9.18 Å². The molecule has 2 N–H and O–H groups in total. The third kappa shape index (κ3) is 3.83. The van der Waals surface area contributed by atoms with Crippen molar-refractivity contribution in [1.29, 1.82) is 0 Å². The summed E-state index contributed by atoms with van der Waals surface area (Å²) in [5, 5.41) is 10.8. The minimum absolute atomic E-state index is 0.00795. The van der Waals surface area contributed by atoms with E-state index in [2.05, 4.69) is 23.7 Å². The second-order valence-electron chi connectivity index (χ2n) is 10.4. The zero-order valence-electron chi connectivity index (χ0n) is 20.8. The van der Waals surface area contributed by atoms with E-state index in [1.54, 1.807) is 29.2 Å². The zero-order chi connectivity index (χ0) is 25.9. The number of urea groups is 1. The SMILES string of the molecule is CC(C)N(C)CCN1C(=O)N2C(Cc3cccc(O)c3)c3[nH]c4cc(F)c(Cl)cc4c3C[C@@]2(C)C1=O. The van der Waals surface area contributed by atoms with Crippen LogP contribution in [0.15, 0.2) is 36.4 Å². The minimum Gasteiger partial charge on any atom is -0.508 e. The van der Waals surface area contributed by atoms with E-state index in [4.69, 9.17) is 11.6 Å². The predicted molar refractivity (Wildman–Crippen MR) is 137 cm³/mol. The third-order valence-corrected chi connectivity index (χ3v) is 8.01. The largest absolute Gasteiger partial charge is 0.508 e. The highest BCUT2D eigenvalue weighted by Crippen LogP contribution is 2.47. The van der Waals surface area contributed by atoms with Crippen LogP contribution >= 0.6 is 11.6 Å². The second-order valence-corrected chi connectivity index (χ2v) is 10.8. The van der Waals surface area contributed by atoms with Gasteiger partial charge in [-0.25, -0.2) is 9.18 Å². The van der Waals surface area contributed by atoms with Crippen LogP contribution in [-0.2, 0) is 17.6 Å². The van der Waals surface area contributed by atoms with Crippen LogP contribution in [0.5, 0.6) is 5.75 Å². The van der Waals surface area contributed by atoms with Crippen molar-refractivity contribution in [2.75, 3.05) is 20.1 Å². The van der Waals surface area contributed by atoms with E-state index >= 15 is 0 Å². The highest BCUT2D eigenvalue weighted by Gasteiger charge is 2.59. The molecule has 0 saturated carbocycles. The smallest absolute Gasteiger partial charge is 0.328 e. The van der Waals surface area contributed by atoms with Crippen molar-refractivity contribution in [1.82, 2.24) is 19.7 Å². The van der Waals surface area contributed by atoms with Crippen molar-refractivity contribution >= 4 is 34.4 Å². The molecule has 0 bridgehead atoms. The number of carbonyl (C=O) groups is 2. The number of amides is 3. The molecule has 9 heteroatoms. The summed E-state index contributed by atoms with van der Waals surface area (Å²) in [7, 11) is 1.97. The van der Waals surface area contributed by atoms with Gasteiger partial charge in [0.05, 0.1) is 11.1 Å². The summed E-state index contributed by atoms with van der Waals surface area (Å²) in [4.78, 5) is 36.1. The highest BCUT2D eigenvalue weighted by molar-refractivity contribution is 6.31. The molecule has 2 atom stereocenters. The maximum atomic E-state index is 14.3. The molecule has 3 amide bonds. The number of phenols is 1. The summed E-state index contributed by atoms with van der Waals surface area (Å²) in [6.07, 6.45) is 0.667. The van der Waals surface area contributed by atoms with E-state index < -0.39 is 17.4 Å². The number of likely N-dealkylation sites (N-methyl/N-ethyl adjacent to an activating group) is 1. The van der Waals surface area contributed by atoms with Crippen LogP contribution in [0.25, 0.3) is 10.9 Å². The number of fused-ring (bicyclic) bond motifs is 4. The molecule has 1 unspecified atom stereocenters. The Hall–Kier alpha value is -3.10. The molecular weight excluding hydrogens is 483 g/mol. The molecule has 3 aromatic rings. The molecule has 1 fully saturated rings. The van der Waals surface area contributed by atoms with Gasteiger partial charge in [-0.15, -0.1) is 0 Å². The van der Waals surface area contributed by atoms with Crippen LogP contribution < -0.4 is 0 Å². The van der Waals surface area contributed by atoms with Crippen molar-refractivity contribution < 1.29 is 19.1 Å². The Morgan fingerprint density at radius 2 is 2.03 bits per heavy atom. The number of nitrogens with zero attached hydrogens (tertiary/aromatic N) is 3. The van der Waals surface area contributed by atoms with Gasteiger partial charge in [0.15, 0.2) is 0 Å². The summed E-state index contributed by atoms with van der Waals surface area (Å²) >= 11 is 6.13. The molecule has 36 heavy (non-hydrogen) atoms. The number of phenolic OH excluding ortho intramolecular Hbond substituents is 1. The highest BCUT2D eigenvalue weighted by atomic mass is 35.5. The molecule has 0 spiro atoms. The number of aromatic amines is 1. The molecule has 2 aliphatic rings. The standard InChI is InChI=1S/C27H30ClFN4O3/c1-15(2)31(4)8-9-32-25(35)27(3)14-19-18-12-20(28)21(29)13-22(18)30-24(19)23(33(27)26(32)36)11-16-6-5-7-17(34)10-16/h5-7,10,12-13,15,23,30,34H,8-9,11,14H2,1-4H3/t23?,27-/m0/s1. The van der Waals surface area contributed by atoms with Gasteiger partial charge >= 0.3 is 6.03 Å². The third-order valence-electron chi connectivity index (χ3n) is 7.72. The first-order chi connectivity index (χ1) is 17.0. The summed E-state index contributed by atoms with van der Waals surface area (Å²) in [6.45, 7) is 6.80. The van der Waals surface area contributed by atoms with Crippen LogP contribution in [0.3, 0.4) is 0 Å². The molecule has 0 radical (unpaired) electrons. The number of benzene rings is 2. The number of H-pyrrole nitrogens is 1. The van der Waals surface area contributed by atoms with Crippen LogP contribution in [-0.4, -0.2) is 68.4 Å². The molecule has 0 aliphatic carbocycles. The molecule has 1 saturated heterocycles. The van der Waals surface area contributed by atoms with Crippen molar-refractivity contribution in [2.45, 2.75) is 51.2 Å². The lowest BCUT2D eigenvalue weighted by atomic mass is 9.81. The van der Waals surface area contributed by atoms with Crippen molar-refractivity contribution in [2.24, 2.45) is 0 Å². The summed E-state index contributed by atoms with van der Waals surface area (Å²) in [5.41, 5.74) is 1.91. The Balaban J connectivity index is 1.61. The average Bonchev–Trinajstić information content (AvgIpc) is 3.24. The van der Waals surface area contributed by atoms with Gasteiger partial charge in [-0.2, -0.15) is 0 Å². The molecule has 5 rings (SSSR count). The number of imide groups is 1. The van der Waals surface area contributed by atoms with Crippen molar-refractivity contribution in [3.05, 3.63) is 64.1 Å². The Kier molecular flexibility index (Phi) is 6.00. The maximum absolute atomic E-state index is 14.3. The molecule has 2 aromatic carbocycles. The van der Waals surface area contributed by atoms with Gasteiger partial charge in [0.25, 0.3) is 5.91 Å². The predicted octanol–water partition coefficient (Wildman–Crippen LogP) is 4.87. The van der Waals surface area contributed by atoms with Gasteiger partial charge in [-0.3, -0.25) is 9.69 Å². The van der Waals surface area contributed by atoms with Gasteiger partial charge in [0.2, 0.25) is 0 Å². The maximum Gasteiger partial charge on any atom is 0.328 e. The Labute approximate surface area is 214 Å². The Bertz CT molecular complexity index is 1370. The number of carbonyl (C=O) groups excluding carboxylic acids is 2. The fourth-order valence-electron chi connectivity index (χ4n) is 5.49. The van der Waals surface area contributed by atoms with Gasteiger partial charge in [-0.05, 0) is 69.6 Å². The summed E-state index contributed by atoms with van der Waals surface area (Å²) in [5.74, 6) is -0.649. The Morgan fingerprint density at radius 1 is 1.28 bits per heavy atom. The van der Waals surface area contributed by atoms with Gasteiger partial charge < -0.3 is 19.9 Å². The van der Waals surface area contributed by atoms with Gasteiger partial charge in [0, 0.05) is 42.1 Å². The number of halogens is 2. The van der Waals surface area contributed by atoms with E-state index in [1.165, 1.54) is 11.0 Å². The van der Waals surface area contributed by atoms with Crippen molar-refractivity contribution in [3.63, 3.8) is 0 Å². The number of aromatic nitrogens is 1. The van der Waals surface area contributed by atoms with Crippen molar-refractivity contribution in [3.8, 4) is 5.75 Å². The minimum atomic E-state index is -1.10. The molecule has 7 nitrogen and oxygen atoms in total. The monoisotopic (exact) mass is 512 g/mol. The van der Waals surface area contributed by atoms with Gasteiger partial charge in [-0.1, -0.05) is 23.7 Å². The lowest BCUT2D eigenvalue weighted by Gasteiger charge is -2.42. The molecular formula is C27H30ClFN4O3. The van der Waals surface area contributed by atoms with Crippen LogP contribution in [0.1, 0.15) is 43.6 Å². The fourth-order valence-corrected chi connectivity index (χ4v) is 5.65. The fraction of sp³-hybridized carbons (Fsp3) is 0.407. The van der Waals surface area contributed by atoms with Crippen LogP contribution in [0.2, 0.25) is 5.02 Å². The van der Waals surface area contributed by atoms with E-state index in [1.807, 2.05) is 20.0 Å². The quantitative estimate of drug-likeness (QED) is 0.462. The topological polar surface area (TPSA) is 79.9 Å². The first-order valence-corrected chi connectivity index (χ1v) is 12.5. The molecule has 2 aliphatic heterocycles. The molecule has 1 aromatic heterocycles. The summed E-state index contributed by atoms with van der Waals surface area (Å²) < 4.78 is 14.3. The number of hydrogen-bond donors (Lipinski definition) is 2. The van der Waals surface area contributed by atoms with E-state index in [9.17, 15) is 19.1 Å². The lowest BCUT2D eigenvalue weighted by molar-refractivity contribution is -0.133. The average molecular weight is 513 g/mol. The number of aromatic hydroxyl groups is 1. The first kappa shape index (κ1) is 24.6. The molecule has 190 valence electrons. The summed E-state index contributed by atoms with van der Waals surface area (Å²) in [6, 6.07) is 9.24. The van der Waals surface area contributed by atoms with Gasteiger partial charge in [0.1, 0.15) is 17.1 Å². The molecule has 3 heterocycles. The van der Waals surface area contributed by atoms with E-state index in [-0.39, 0.29) is 28.8 Å². The van der Waals surface area contributed by atoms with E-state index in [0.29, 0.717) is 31.4 Å². The number of rotatable bonds is 6. The Morgan fingerprint density at radius 3 is 2.72 bits per heavy atom. The first-order valence-electron chi connectivity index (χ1n) is 12.1. The lowest BCUT2D eigenvalue weighted by Crippen LogP contribution is -2.53. The van der Waals surface area contributed by atoms with Crippen LogP contribution in [0, 0.1) is 5.82 Å². The number of nitrogens with one attached hydrogen (secondary N) is 1. The second kappa shape index (κ2) is 8.78.